The number of nitrogens with one attached hydrogen (secondary N) is 2. The summed E-state index contributed by atoms with van der Waals surface area (Å²) in [5.74, 6) is -0.130. The van der Waals surface area contributed by atoms with Crippen LogP contribution in [-0.2, 0) is 4.74 Å². The molecular weight excluding hydrogens is 282 g/mol. The van der Waals surface area contributed by atoms with Crippen LogP contribution in [0.15, 0.2) is 24.3 Å². The minimum absolute atomic E-state index is 0.0701. The summed E-state index contributed by atoms with van der Waals surface area (Å²) in [5, 5.41) is 5.59. The highest BCUT2D eigenvalue weighted by molar-refractivity contribution is 5.94. The summed E-state index contributed by atoms with van der Waals surface area (Å²) in [4.78, 5) is 25.6. The van der Waals surface area contributed by atoms with Crippen molar-refractivity contribution in [1.29, 1.82) is 0 Å². The zero-order valence-corrected chi connectivity index (χ0v) is 13.1. The van der Waals surface area contributed by atoms with Crippen LogP contribution < -0.4 is 10.6 Å². The maximum atomic E-state index is 11.9. The first-order chi connectivity index (χ1) is 10.6. The van der Waals surface area contributed by atoms with Crippen LogP contribution in [0.25, 0.3) is 0 Å². The first-order valence-electron chi connectivity index (χ1n) is 7.55. The number of hydrogen-bond acceptors (Lipinski definition) is 3. The largest absolute Gasteiger partial charge is 0.375 e. The molecule has 0 radical (unpaired) electrons. The number of ether oxygens (including phenoxy) is 1. The highest BCUT2D eigenvalue weighted by Gasteiger charge is 2.20. The molecule has 22 heavy (non-hydrogen) atoms. The Labute approximate surface area is 130 Å². The summed E-state index contributed by atoms with van der Waals surface area (Å²) in [6.07, 6.45) is 0.0701. The van der Waals surface area contributed by atoms with Gasteiger partial charge in [-0.05, 0) is 26.0 Å². The smallest absolute Gasteiger partial charge is 0.317 e. The van der Waals surface area contributed by atoms with Gasteiger partial charge in [-0.2, -0.15) is 0 Å². The summed E-state index contributed by atoms with van der Waals surface area (Å²) in [6, 6.07) is 7.27. The van der Waals surface area contributed by atoms with Gasteiger partial charge in [0.15, 0.2) is 0 Å². The molecule has 1 heterocycles. The quantitative estimate of drug-likeness (QED) is 0.820. The van der Waals surface area contributed by atoms with Crippen LogP contribution in [0.5, 0.6) is 0 Å². The van der Waals surface area contributed by atoms with E-state index in [-0.39, 0.29) is 18.0 Å². The minimum Gasteiger partial charge on any atom is -0.375 e. The van der Waals surface area contributed by atoms with Crippen molar-refractivity contribution in [2.45, 2.75) is 20.0 Å². The fraction of sp³-hybridized carbons (Fsp3) is 0.500. The Hall–Kier alpha value is -2.08. The van der Waals surface area contributed by atoms with Gasteiger partial charge in [0.1, 0.15) is 0 Å². The van der Waals surface area contributed by atoms with Gasteiger partial charge in [-0.1, -0.05) is 17.7 Å². The van der Waals surface area contributed by atoms with Crippen LogP contribution in [0.3, 0.4) is 0 Å². The van der Waals surface area contributed by atoms with Crippen LogP contribution in [0.2, 0.25) is 0 Å². The first kappa shape index (κ1) is 16.3. The Balaban J connectivity index is 1.67. The van der Waals surface area contributed by atoms with Gasteiger partial charge in [-0.3, -0.25) is 4.79 Å². The zero-order chi connectivity index (χ0) is 15.9. The number of carbonyl (C=O) groups excluding carboxylic acids is 2. The number of morpholine rings is 1. The second kappa shape index (κ2) is 7.79. The molecule has 0 spiro atoms. The summed E-state index contributed by atoms with van der Waals surface area (Å²) in [5.41, 5.74) is 1.74. The standard InChI is InChI=1S/C16H23N3O3/c1-12-3-5-14(6-4-12)15(20)17-7-8-18-16(21)19-9-10-22-13(2)11-19/h3-6,13H,7-11H2,1-2H3,(H,17,20)(H,18,21). The van der Waals surface area contributed by atoms with E-state index in [9.17, 15) is 9.59 Å². The molecule has 1 atom stereocenters. The molecule has 1 aliphatic rings. The molecule has 2 rings (SSSR count). The second-order valence-electron chi connectivity index (χ2n) is 5.48. The lowest BCUT2D eigenvalue weighted by Gasteiger charge is -2.31. The molecule has 120 valence electrons. The van der Waals surface area contributed by atoms with E-state index in [4.69, 9.17) is 4.74 Å². The molecule has 0 aromatic heterocycles. The highest BCUT2D eigenvalue weighted by atomic mass is 16.5. The van der Waals surface area contributed by atoms with Gasteiger partial charge in [0, 0.05) is 31.7 Å². The predicted molar refractivity (Wildman–Crippen MR) is 83.9 cm³/mol. The van der Waals surface area contributed by atoms with Crippen LogP contribution in [-0.4, -0.2) is 55.7 Å². The Bertz CT molecular complexity index is 516. The third-order valence-electron chi connectivity index (χ3n) is 3.53. The molecule has 1 aliphatic heterocycles. The van der Waals surface area contributed by atoms with Crippen molar-refractivity contribution in [2.75, 3.05) is 32.8 Å². The van der Waals surface area contributed by atoms with Gasteiger partial charge in [0.05, 0.1) is 12.7 Å². The Morgan fingerprint density at radius 3 is 2.59 bits per heavy atom. The zero-order valence-electron chi connectivity index (χ0n) is 13.1. The summed E-state index contributed by atoms with van der Waals surface area (Å²) in [6.45, 7) is 6.50. The molecular formula is C16H23N3O3. The van der Waals surface area contributed by atoms with E-state index >= 15 is 0 Å². The van der Waals surface area contributed by atoms with E-state index in [1.54, 1.807) is 17.0 Å². The number of aryl methyl sites for hydroxylation is 1. The highest BCUT2D eigenvalue weighted by Crippen LogP contribution is 2.04. The molecule has 1 aromatic carbocycles. The lowest BCUT2D eigenvalue weighted by Crippen LogP contribution is -2.50. The third-order valence-corrected chi connectivity index (χ3v) is 3.53. The van der Waals surface area contributed by atoms with Crippen molar-refractivity contribution in [3.05, 3.63) is 35.4 Å². The van der Waals surface area contributed by atoms with Gasteiger partial charge in [-0.25, -0.2) is 4.79 Å². The van der Waals surface area contributed by atoms with Crippen molar-refractivity contribution < 1.29 is 14.3 Å². The van der Waals surface area contributed by atoms with E-state index in [1.807, 2.05) is 26.0 Å². The molecule has 1 fully saturated rings. The average molecular weight is 305 g/mol. The van der Waals surface area contributed by atoms with Gasteiger partial charge in [-0.15, -0.1) is 0 Å². The van der Waals surface area contributed by atoms with E-state index in [1.165, 1.54) is 0 Å². The monoisotopic (exact) mass is 305 g/mol. The van der Waals surface area contributed by atoms with Gasteiger partial charge >= 0.3 is 6.03 Å². The lowest BCUT2D eigenvalue weighted by molar-refractivity contribution is -0.00342. The maximum absolute atomic E-state index is 11.9. The number of hydrogen-bond donors (Lipinski definition) is 2. The molecule has 3 amide bonds. The first-order valence-corrected chi connectivity index (χ1v) is 7.55. The van der Waals surface area contributed by atoms with Crippen molar-refractivity contribution in [2.24, 2.45) is 0 Å². The van der Waals surface area contributed by atoms with Crippen molar-refractivity contribution >= 4 is 11.9 Å². The lowest BCUT2D eigenvalue weighted by atomic mass is 10.1. The molecule has 0 saturated carbocycles. The van der Waals surface area contributed by atoms with Crippen LogP contribution >= 0.6 is 0 Å². The summed E-state index contributed by atoms with van der Waals surface area (Å²) in [7, 11) is 0. The molecule has 0 bridgehead atoms. The van der Waals surface area contributed by atoms with Crippen LogP contribution in [0.1, 0.15) is 22.8 Å². The third kappa shape index (κ3) is 4.73. The van der Waals surface area contributed by atoms with E-state index < -0.39 is 0 Å². The maximum Gasteiger partial charge on any atom is 0.317 e. The van der Waals surface area contributed by atoms with Gasteiger partial charge < -0.3 is 20.3 Å². The molecule has 1 saturated heterocycles. The van der Waals surface area contributed by atoms with Gasteiger partial charge in [0.25, 0.3) is 5.91 Å². The second-order valence-corrected chi connectivity index (χ2v) is 5.48. The number of carbonyl (C=O) groups is 2. The number of nitrogens with zero attached hydrogens (tertiary/aromatic N) is 1. The molecule has 0 aliphatic carbocycles. The Kier molecular flexibility index (Phi) is 5.77. The predicted octanol–water partition coefficient (Wildman–Crippen LogP) is 1.16. The number of benzene rings is 1. The van der Waals surface area contributed by atoms with E-state index in [2.05, 4.69) is 10.6 Å². The van der Waals surface area contributed by atoms with E-state index in [0.29, 0.717) is 38.3 Å². The van der Waals surface area contributed by atoms with Crippen LogP contribution in [0.4, 0.5) is 4.79 Å². The topological polar surface area (TPSA) is 70.7 Å². The molecule has 2 N–H and O–H groups in total. The fourth-order valence-electron chi connectivity index (χ4n) is 2.27. The van der Waals surface area contributed by atoms with Gasteiger partial charge in [0.2, 0.25) is 0 Å². The molecule has 6 heteroatoms. The average Bonchev–Trinajstić information content (AvgIpc) is 2.51. The van der Waals surface area contributed by atoms with Crippen molar-refractivity contribution in [3.63, 3.8) is 0 Å². The Morgan fingerprint density at radius 1 is 1.23 bits per heavy atom. The van der Waals surface area contributed by atoms with E-state index in [0.717, 1.165) is 5.56 Å². The fourth-order valence-corrected chi connectivity index (χ4v) is 2.27. The number of amides is 3. The summed E-state index contributed by atoms with van der Waals surface area (Å²) >= 11 is 0. The molecule has 1 aromatic rings. The van der Waals surface area contributed by atoms with Crippen molar-refractivity contribution in [1.82, 2.24) is 15.5 Å². The molecule has 6 nitrogen and oxygen atoms in total. The minimum atomic E-state index is -0.130. The van der Waals surface area contributed by atoms with Crippen LogP contribution in [0, 0.1) is 6.92 Å². The summed E-state index contributed by atoms with van der Waals surface area (Å²) < 4.78 is 5.39. The SMILES string of the molecule is Cc1ccc(C(=O)NCCNC(=O)N2CCOC(C)C2)cc1. The number of urea groups is 1. The van der Waals surface area contributed by atoms with Crippen molar-refractivity contribution in [3.8, 4) is 0 Å². The molecule has 1 unspecified atom stereocenters. The normalized spacial score (nSPS) is 17.9. The number of rotatable bonds is 4. The Morgan fingerprint density at radius 2 is 1.91 bits per heavy atom.